The summed E-state index contributed by atoms with van der Waals surface area (Å²) in [5.74, 6) is 0.604. The van der Waals surface area contributed by atoms with Crippen LogP contribution in [0, 0.1) is 6.92 Å². The van der Waals surface area contributed by atoms with Gasteiger partial charge in [0.1, 0.15) is 0 Å². The highest BCUT2D eigenvalue weighted by Gasteiger charge is 2.12. The Morgan fingerprint density at radius 2 is 2.00 bits per heavy atom. The van der Waals surface area contributed by atoms with Crippen molar-refractivity contribution >= 4 is 40.8 Å². The summed E-state index contributed by atoms with van der Waals surface area (Å²) in [4.78, 5) is 7.86. The van der Waals surface area contributed by atoms with E-state index in [4.69, 9.17) is 5.73 Å². The molecular formula is C19H29IN4. The molecule has 0 saturated heterocycles. The molecule has 0 aliphatic heterocycles. The average molecular weight is 440 g/mol. The molecule has 0 radical (unpaired) electrons. The first-order valence-electron chi connectivity index (χ1n) is 8.85. The number of nitrogens with zero attached hydrogens (tertiary/aromatic N) is 1. The normalized spacial score (nSPS) is 16.6. The monoisotopic (exact) mass is 440 g/mol. The maximum Gasteiger partial charge on any atom is 0.188 e. The van der Waals surface area contributed by atoms with Crippen LogP contribution in [0.3, 0.4) is 0 Å². The molecular weight excluding hydrogens is 411 g/mol. The molecule has 1 aromatic heterocycles. The lowest BCUT2D eigenvalue weighted by molar-refractivity contribution is 0.530. The van der Waals surface area contributed by atoms with Crippen molar-refractivity contribution in [2.24, 2.45) is 10.7 Å². The summed E-state index contributed by atoms with van der Waals surface area (Å²) in [6.07, 6.45) is 10.8. The van der Waals surface area contributed by atoms with E-state index in [0.717, 1.165) is 13.0 Å². The zero-order valence-corrected chi connectivity index (χ0v) is 16.8. The fourth-order valence-electron chi connectivity index (χ4n) is 3.48. The molecule has 1 aliphatic carbocycles. The number of nitrogens with two attached hydrogens (primary N) is 1. The second kappa shape index (κ2) is 9.30. The number of aromatic nitrogens is 1. The molecule has 2 aromatic rings. The highest BCUT2D eigenvalue weighted by Crippen LogP contribution is 2.20. The van der Waals surface area contributed by atoms with Gasteiger partial charge in [-0.15, -0.1) is 24.0 Å². The molecule has 24 heavy (non-hydrogen) atoms. The number of H-pyrrole nitrogens is 1. The third kappa shape index (κ3) is 5.13. The van der Waals surface area contributed by atoms with Crippen molar-refractivity contribution in [1.82, 2.24) is 10.3 Å². The topological polar surface area (TPSA) is 66.2 Å². The van der Waals surface area contributed by atoms with E-state index in [-0.39, 0.29) is 24.0 Å². The van der Waals surface area contributed by atoms with Crippen molar-refractivity contribution in [2.75, 3.05) is 6.54 Å². The van der Waals surface area contributed by atoms with Gasteiger partial charge in [0.15, 0.2) is 5.96 Å². The summed E-state index contributed by atoms with van der Waals surface area (Å²) in [6.45, 7) is 2.84. The van der Waals surface area contributed by atoms with Crippen LogP contribution in [0.1, 0.15) is 49.7 Å². The Morgan fingerprint density at radius 1 is 1.25 bits per heavy atom. The van der Waals surface area contributed by atoms with Crippen LogP contribution in [-0.4, -0.2) is 23.5 Å². The molecule has 1 heterocycles. The summed E-state index contributed by atoms with van der Waals surface area (Å²) < 4.78 is 0. The lowest BCUT2D eigenvalue weighted by Gasteiger charge is -2.16. The number of aromatic amines is 1. The van der Waals surface area contributed by atoms with Gasteiger partial charge in [0.05, 0.1) is 0 Å². The predicted molar refractivity (Wildman–Crippen MR) is 113 cm³/mol. The average Bonchev–Trinajstić information content (AvgIpc) is 2.75. The molecule has 5 heteroatoms. The van der Waals surface area contributed by atoms with E-state index < -0.39 is 0 Å². The molecule has 4 nitrogen and oxygen atoms in total. The van der Waals surface area contributed by atoms with Gasteiger partial charge in [0, 0.05) is 29.7 Å². The van der Waals surface area contributed by atoms with Gasteiger partial charge in [-0.2, -0.15) is 0 Å². The first kappa shape index (κ1) is 19.1. The standard InChI is InChI=1S/C19H28N4.HI/c1-14-8-9-17-15(13-22-18(17)12-14)10-11-21-19(20)23-16-6-4-2-3-5-7-16;/h8-9,12-13,16,22H,2-7,10-11H2,1H3,(H3,20,21,23);1H. The number of guanidine groups is 1. The van der Waals surface area contributed by atoms with Crippen LogP contribution in [0.5, 0.6) is 0 Å². The van der Waals surface area contributed by atoms with Gasteiger partial charge in [-0.3, -0.25) is 4.99 Å². The molecule has 0 spiro atoms. The van der Waals surface area contributed by atoms with Crippen LogP contribution in [0.15, 0.2) is 29.4 Å². The van der Waals surface area contributed by atoms with E-state index >= 15 is 0 Å². The Kier molecular flexibility index (Phi) is 7.40. The van der Waals surface area contributed by atoms with Crippen molar-refractivity contribution in [3.63, 3.8) is 0 Å². The predicted octanol–water partition coefficient (Wildman–Crippen LogP) is 4.26. The fourth-order valence-corrected chi connectivity index (χ4v) is 3.48. The lowest BCUT2D eigenvalue weighted by Crippen LogP contribution is -2.40. The summed E-state index contributed by atoms with van der Waals surface area (Å²) in [5.41, 5.74) is 9.85. The fraction of sp³-hybridized carbons (Fsp3) is 0.526. The number of aryl methyl sites for hydroxylation is 1. The SMILES string of the molecule is Cc1ccc2c(CCN=C(N)NC3CCCCCC3)c[nH]c2c1.I. The van der Waals surface area contributed by atoms with Crippen LogP contribution in [-0.2, 0) is 6.42 Å². The maximum absolute atomic E-state index is 6.06. The Bertz CT molecular complexity index is 669. The molecule has 1 aliphatic rings. The zero-order chi connectivity index (χ0) is 16.1. The summed E-state index contributed by atoms with van der Waals surface area (Å²) in [5, 5.41) is 4.70. The molecule has 132 valence electrons. The highest BCUT2D eigenvalue weighted by molar-refractivity contribution is 14.0. The van der Waals surface area contributed by atoms with Gasteiger partial charge in [-0.05, 0) is 43.4 Å². The van der Waals surface area contributed by atoms with E-state index in [1.807, 2.05) is 0 Å². The second-order valence-electron chi connectivity index (χ2n) is 6.71. The number of hydrogen-bond acceptors (Lipinski definition) is 1. The molecule has 0 bridgehead atoms. The first-order valence-corrected chi connectivity index (χ1v) is 8.85. The van der Waals surface area contributed by atoms with Crippen LogP contribution in [0.2, 0.25) is 0 Å². The first-order chi connectivity index (χ1) is 11.2. The van der Waals surface area contributed by atoms with Crippen LogP contribution < -0.4 is 11.1 Å². The minimum atomic E-state index is 0. The summed E-state index contributed by atoms with van der Waals surface area (Å²) in [7, 11) is 0. The van der Waals surface area contributed by atoms with E-state index in [1.165, 1.54) is 60.6 Å². The molecule has 4 N–H and O–H groups in total. The van der Waals surface area contributed by atoms with Gasteiger partial charge in [0.2, 0.25) is 0 Å². The Balaban J connectivity index is 0.00000208. The molecule has 1 fully saturated rings. The smallest absolute Gasteiger partial charge is 0.188 e. The minimum Gasteiger partial charge on any atom is -0.370 e. The Morgan fingerprint density at radius 3 is 2.75 bits per heavy atom. The number of rotatable bonds is 4. The van der Waals surface area contributed by atoms with Crippen molar-refractivity contribution < 1.29 is 0 Å². The van der Waals surface area contributed by atoms with Crippen molar-refractivity contribution in [1.29, 1.82) is 0 Å². The van der Waals surface area contributed by atoms with Crippen molar-refractivity contribution in [3.05, 3.63) is 35.5 Å². The van der Waals surface area contributed by atoms with Gasteiger partial charge >= 0.3 is 0 Å². The maximum atomic E-state index is 6.06. The van der Waals surface area contributed by atoms with E-state index in [0.29, 0.717) is 12.0 Å². The molecule has 0 atom stereocenters. The number of hydrogen-bond donors (Lipinski definition) is 3. The van der Waals surface area contributed by atoms with Crippen molar-refractivity contribution in [3.8, 4) is 0 Å². The number of benzene rings is 1. The molecule has 0 amide bonds. The summed E-state index contributed by atoms with van der Waals surface area (Å²) >= 11 is 0. The minimum absolute atomic E-state index is 0. The summed E-state index contributed by atoms with van der Waals surface area (Å²) in [6, 6.07) is 7.04. The quantitative estimate of drug-likeness (QED) is 0.288. The van der Waals surface area contributed by atoms with Crippen LogP contribution in [0.25, 0.3) is 10.9 Å². The molecule has 3 rings (SSSR count). The molecule has 0 unspecified atom stereocenters. The highest BCUT2D eigenvalue weighted by atomic mass is 127. The van der Waals surface area contributed by atoms with Gasteiger partial charge in [-0.25, -0.2) is 0 Å². The van der Waals surface area contributed by atoms with Crippen LogP contribution >= 0.6 is 24.0 Å². The number of halogens is 1. The number of aliphatic imine (C=N–C) groups is 1. The molecule has 1 saturated carbocycles. The third-order valence-electron chi connectivity index (χ3n) is 4.79. The van der Waals surface area contributed by atoms with E-state index in [9.17, 15) is 0 Å². The van der Waals surface area contributed by atoms with Gasteiger partial charge < -0.3 is 16.0 Å². The number of fused-ring (bicyclic) bond motifs is 1. The zero-order valence-electron chi connectivity index (χ0n) is 14.5. The largest absolute Gasteiger partial charge is 0.370 e. The van der Waals surface area contributed by atoms with Crippen LogP contribution in [0.4, 0.5) is 0 Å². The Labute approximate surface area is 161 Å². The third-order valence-corrected chi connectivity index (χ3v) is 4.79. The van der Waals surface area contributed by atoms with Gasteiger partial charge in [-0.1, -0.05) is 37.8 Å². The van der Waals surface area contributed by atoms with E-state index in [2.05, 4.69) is 46.6 Å². The van der Waals surface area contributed by atoms with E-state index in [1.54, 1.807) is 0 Å². The molecule has 1 aromatic carbocycles. The second-order valence-corrected chi connectivity index (χ2v) is 6.71. The van der Waals surface area contributed by atoms with Gasteiger partial charge in [0.25, 0.3) is 0 Å². The number of nitrogens with one attached hydrogen (secondary N) is 2. The lowest BCUT2D eigenvalue weighted by atomic mass is 10.1. The van der Waals surface area contributed by atoms with Crippen molar-refractivity contribution in [2.45, 2.75) is 57.9 Å². The Hall–Kier alpha value is -1.24.